The van der Waals surface area contributed by atoms with Crippen molar-refractivity contribution in [1.29, 1.82) is 0 Å². The lowest BCUT2D eigenvalue weighted by Crippen LogP contribution is -2.17. The Balaban J connectivity index is 2.47. The SMILES string of the molecule is CC#CN(C)c1nc(CO)nc(-c2ccc(OC(F)(F)F)cc2)c1C. The largest absolute Gasteiger partial charge is 0.573 e. The summed E-state index contributed by atoms with van der Waals surface area (Å²) in [4.78, 5) is 10.1. The number of aliphatic hydroxyl groups is 1. The summed E-state index contributed by atoms with van der Waals surface area (Å²) in [5.41, 5.74) is 1.76. The van der Waals surface area contributed by atoms with Crippen molar-refractivity contribution >= 4 is 5.82 Å². The van der Waals surface area contributed by atoms with Crippen LogP contribution in [0.3, 0.4) is 0 Å². The molecule has 132 valence electrons. The van der Waals surface area contributed by atoms with Crippen LogP contribution in [0.15, 0.2) is 24.3 Å². The number of ether oxygens (including phenoxy) is 1. The average Bonchev–Trinajstić information content (AvgIpc) is 2.54. The molecule has 0 spiro atoms. The van der Waals surface area contributed by atoms with E-state index in [4.69, 9.17) is 0 Å². The van der Waals surface area contributed by atoms with Gasteiger partial charge in [-0.25, -0.2) is 9.97 Å². The highest BCUT2D eigenvalue weighted by molar-refractivity contribution is 5.70. The van der Waals surface area contributed by atoms with Crippen LogP contribution in [0.25, 0.3) is 11.3 Å². The van der Waals surface area contributed by atoms with E-state index in [1.54, 1.807) is 25.8 Å². The van der Waals surface area contributed by atoms with E-state index in [1.165, 1.54) is 24.3 Å². The second kappa shape index (κ2) is 7.40. The van der Waals surface area contributed by atoms with E-state index in [9.17, 15) is 18.3 Å². The highest BCUT2D eigenvalue weighted by atomic mass is 19.4. The molecule has 1 aromatic carbocycles. The summed E-state index contributed by atoms with van der Waals surface area (Å²) in [6, 6.07) is 8.18. The smallest absolute Gasteiger partial charge is 0.406 e. The van der Waals surface area contributed by atoms with Crippen LogP contribution in [0.5, 0.6) is 5.75 Å². The number of hydrogen-bond acceptors (Lipinski definition) is 5. The van der Waals surface area contributed by atoms with E-state index in [1.807, 2.05) is 0 Å². The predicted octanol–water partition coefficient (Wildman–Crippen LogP) is 3.26. The quantitative estimate of drug-likeness (QED) is 0.677. The number of halogens is 3. The topological polar surface area (TPSA) is 58.5 Å². The fourth-order valence-corrected chi connectivity index (χ4v) is 2.26. The van der Waals surface area contributed by atoms with E-state index in [0.29, 0.717) is 22.6 Å². The third-order valence-electron chi connectivity index (χ3n) is 3.27. The first kappa shape index (κ1) is 18.5. The maximum absolute atomic E-state index is 12.3. The van der Waals surface area contributed by atoms with E-state index in [-0.39, 0.29) is 18.2 Å². The number of hydrogen-bond donors (Lipinski definition) is 1. The van der Waals surface area contributed by atoms with Gasteiger partial charge >= 0.3 is 6.36 Å². The van der Waals surface area contributed by atoms with Gasteiger partial charge in [0, 0.05) is 24.2 Å². The number of anilines is 1. The number of alkyl halides is 3. The van der Waals surface area contributed by atoms with E-state index < -0.39 is 6.36 Å². The Labute approximate surface area is 143 Å². The van der Waals surface area contributed by atoms with Crippen molar-refractivity contribution < 1.29 is 23.0 Å². The molecule has 0 unspecified atom stereocenters. The molecule has 0 aliphatic heterocycles. The number of benzene rings is 1. The molecule has 0 saturated heterocycles. The maximum atomic E-state index is 12.3. The molecule has 8 heteroatoms. The summed E-state index contributed by atoms with van der Waals surface area (Å²) in [5.74, 6) is 3.13. The molecule has 0 aliphatic carbocycles. The summed E-state index contributed by atoms with van der Waals surface area (Å²) >= 11 is 0. The van der Waals surface area contributed by atoms with Gasteiger partial charge in [0.1, 0.15) is 18.2 Å². The standard InChI is InChI=1S/C17H16F3N3O2/c1-4-9-23(3)16-11(2)15(21-14(10-24)22-16)12-5-7-13(8-6-12)25-17(18,19)20/h5-8,24H,10H2,1-3H3. The Morgan fingerprint density at radius 3 is 2.36 bits per heavy atom. The fourth-order valence-electron chi connectivity index (χ4n) is 2.26. The van der Waals surface area contributed by atoms with Gasteiger partial charge in [0.15, 0.2) is 5.82 Å². The van der Waals surface area contributed by atoms with Crippen molar-refractivity contribution in [3.05, 3.63) is 35.7 Å². The van der Waals surface area contributed by atoms with Gasteiger partial charge in [-0.2, -0.15) is 0 Å². The molecular weight excluding hydrogens is 335 g/mol. The van der Waals surface area contributed by atoms with Crippen LogP contribution in [0.1, 0.15) is 18.3 Å². The van der Waals surface area contributed by atoms with Gasteiger partial charge in [0.25, 0.3) is 0 Å². The van der Waals surface area contributed by atoms with Crippen molar-refractivity contribution in [1.82, 2.24) is 9.97 Å². The summed E-state index contributed by atoms with van der Waals surface area (Å²) in [6.45, 7) is 3.09. The molecule has 25 heavy (non-hydrogen) atoms. The van der Waals surface area contributed by atoms with Crippen LogP contribution >= 0.6 is 0 Å². The van der Waals surface area contributed by atoms with Gasteiger partial charge in [0.05, 0.1) is 5.69 Å². The van der Waals surface area contributed by atoms with Gasteiger partial charge in [-0.05, 0) is 38.1 Å². The minimum atomic E-state index is -4.74. The van der Waals surface area contributed by atoms with Crippen LogP contribution in [0.4, 0.5) is 19.0 Å². The third kappa shape index (κ3) is 4.61. The van der Waals surface area contributed by atoms with Crippen molar-refractivity contribution in [3.63, 3.8) is 0 Å². The van der Waals surface area contributed by atoms with Crippen LogP contribution in [0, 0.1) is 18.9 Å². The number of aromatic nitrogens is 2. The summed E-state index contributed by atoms with van der Waals surface area (Å²) in [7, 11) is 1.72. The maximum Gasteiger partial charge on any atom is 0.573 e. The molecule has 0 radical (unpaired) electrons. The molecule has 0 fully saturated rings. The van der Waals surface area contributed by atoms with Gasteiger partial charge in [-0.1, -0.05) is 5.92 Å². The Hall–Kier alpha value is -2.79. The Morgan fingerprint density at radius 2 is 1.84 bits per heavy atom. The minimum Gasteiger partial charge on any atom is -0.406 e. The molecule has 0 saturated carbocycles. The fraction of sp³-hybridized carbons (Fsp3) is 0.294. The number of rotatable bonds is 4. The average molecular weight is 351 g/mol. The van der Waals surface area contributed by atoms with Crippen molar-refractivity contribution in [3.8, 4) is 29.0 Å². The van der Waals surface area contributed by atoms with Gasteiger partial charge < -0.3 is 9.84 Å². The predicted molar refractivity (Wildman–Crippen MR) is 86.7 cm³/mol. The second-order valence-electron chi connectivity index (χ2n) is 5.09. The summed E-state index contributed by atoms with van der Waals surface area (Å²) in [6.07, 6.45) is -4.74. The zero-order valence-corrected chi connectivity index (χ0v) is 13.8. The minimum absolute atomic E-state index is 0.191. The normalized spacial score (nSPS) is 10.8. The first-order valence-corrected chi connectivity index (χ1v) is 7.26. The third-order valence-corrected chi connectivity index (χ3v) is 3.27. The highest BCUT2D eigenvalue weighted by Crippen LogP contribution is 2.30. The molecule has 5 nitrogen and oxygen atoms in total. The van der Waals surface area contributed by atoms with Gasteiger partial charge in [-0.15, -0.1) is 13.2 Å². The number of nitrogens with zero attached hydrogens (tertiary/aromatic N) is 3. The molecule has 1 N–H and O–H groups in total. The van der Waals surface area contributed by atoms with Gasteiger partial charge in [-0.3, -0.25) is 4.90 Å². The monoisotopic (exact) mass is 351 g/mol. The lowest BCUT2D eigenvalue weighted by Gasteiger charge is -2.17. The van der Waals surface area contributed by atoms with Gasteiger partial charge in [0.2, 0.25) is 0 Å². The van der Waals surface area contributed by atoms with Crippen molar-refractivity contribution in [2.45, 2.75) is 26.8 Å². The first-order valence-electron chi connectivity index (χ1n) is 7.26. The molecule has 1 aromatic heterocycles. The van der Waals surface area contributed by atoms with Crippen LogP contribution in [0.2, 0.25) is 0 Å². The first-order chi connectivity index (χ1) is 11.7. The molecule has 0 amide bonds. The van der Waals surface area contributed by atoms with Crippen LogP contribution in [-0.2, 0) is 6.61 Å². The molecular formula is C17H16F3N3O2. The lowest BCUT2D eigenvalue weighted by molar-refractivity contribution is -0.274. The molecule has 0 bridgehead atoms. The summed E-state index contributed by atoms with van der Waals surface area (Å²) < 4.78 is 40.6. The molecule has 0 aliphatic rings. The van der Waals surface area contributed by atoms with Crippen molar-refractivity contribution in [2.24, 2.45) is 0 Å². The zero-order chi connectivity index (χ0) is 18.6. The van der Waals surface area contributed by atoms with E-state index in [0.717, 1.165) is 0 Å². The van der Waals surface area contributed by atoms with Crippen LogP contribution < -0.4 is 9.64 Å². The lowest BCUT2D eigenvalue weighted by atomic mass is 10.1. The zero-order valence-electron chi connectivity index (χ0n) is 13.8. The van der Waals surface area contributed by atoms with Crippen LogP contribution in [-0.4, -0.2) is 28.5 Å². The summed E-state index contributed by atoms with van der Waals surface area (Å²) in [5, 5.41) is 9.38. The van der Waals surface area contributed by atoms with Crippen molar-refractivity contribution in [2.75, 3.05) is 11.9 Å². The molecule has 2 rings (SSSR count). The Morgan fingerprint density at radius 1 is 1.20 bits per heavy atom. The highest BCUT2D eigenvalue weighted by Gasteiger charge is 2.31. The Kier molecular flexibility index (Phi) is 5.49. The number of aliphatic hydroxyl groups excluding tert-OH is 1. The Bertz CT molecular complexity index is 809. The molecule has 1 heterocycles. The molecule has 2 aromatic rings. The van der Waals surface area contributed by atoms with E-state index in [2.05, 4.69) is 26.7 Å². The molecule has 0 atom stereocenters. The van der Waals surface area contributed by atoms with E-state index >= 15 is 0 Å². The second-order valence-corrected chi connectivity index (χ2v) is 5.09.